The fourth-order valence-electron chi connectivity index (χ4n) is 2.81. The number of fused-ring (bicyclic) bond motifs is 1. The Morgan fingerprint density at radius 3 is 2.57 bits per heavy atom. The predicted octanol–water partition coefficient (Wildman–Crippen LogP) is 3.54. The van der Waals surface area contributed by atoms with Crippen LogP contribution in [0.3, 0.4) is 0 Å². The lowest BCUT2D eigenvalue weighted by atomic mass is 10.2. The van der Waals surface area contributed by atoms with Crippen LogP contribution in [0.25, 0.3) is 22.4 Å². The molecule has 0 saturated carbocycles. The number of rotatable bonds is 6. The highest BCUT2D eigenvalue weighted by molar-refractivity contribution is 7.90. The predicted molar refractivity (Wildman–Crippen MR) is 108 cm³/mol. The number of hydrogen-bond donors (Lipinski definition) is 1. The van der Waals surface area contributed by atoms with E-state index in [-0.39, 0.29) is 22.6 Å². The molecule has 2 aromatic carbocycles. The van der Waals surface area contributed by atoms with E-state index < -0.39 is 15.7 Å². The average Bonchev–Trinajstić information content (AvgIpc) is 3.35. The summed E-state index contributed by atoms with van der Waals surface area (Å²) in [5, 5.41) is 10.9. The van der Waals surface area contributed by atoms with Gasteiger partial charge in [-0.25, -0.2) is 8.42 Å². The number of nitrogens with zero attached hydrogens (tertiary/aromatic N) is 2. The second kappa shape index (κ2) is 7.64. The zero-order valence-corrected chi connectivity index (χ0v) is 16.9. The van der Waals surface area contributed by atoms with Gasteiger partial charge in [0.1, 0.15) is 0 Å². The summed E-state index contributed by atoms with van der Waals surface area (Å²) in [6.07, 6.45) is 1.12. The fourth-order valence-corrected chi connectivity index (χ4v) is 3.44. The zero-order chi connectivity index (χ0) is 21.3. The van der Waals surface area contributed by atoms with Gasteiger partial charge in [0.05, 0.1) is 11.5 Å². The van der Waals surface area contributed by atoms with Crippen LogP contribution in [0, 0.1) is 0 Å². The van der Waals surface area contributed by atoms with Gasteiger partial charge in [-0.2, -0.15) is 0 Å². The van der Waals surface area contributed by atoms with Crippen LogP contribution >= 0.6 is 0 Å². The average molecular weight is 427 g/mol. The van der Waals surface area contributed by atoms with Crippen LogP contribution in [0.15, 0.2) is 62.3 Å². The Bertz CT molecular complexity index is 1320. The van der Waals surface area contributed by atoms with Crippen LogP contribution in [-0.2, 0) is 9.84 Å². The van der Waals surface area contributed by atoms with Crippen LogP contribution < -0.4 is 10.1 Å². The van der Waals surface area contributed by atoms with E-state index >= 15 is 0 Å². The van der Waals surface area contributed by atoms with Crippen molar-refractivity contribution < 1.29 is 26.8 Å². The molecule has 2 heterocycles. The smallest absolute Gasteiger partial charge is 0.322 e. The molecule has 0 saturated heterocycles. The summed E-state index contributed by atoms with van der Waals surface area (Å²) >= 11 is 0. The van der Waals surface area contributed by atoms with Crippen molar-refractivity contribution in [2.75, 3.05) is 18.2 Å². The molecule has 0 spiro atoms. The van der Waals surface area contributed by atoms with Gasteiger partial charge in [-0.3, -0.25) is 10.1 Å². The normalized spacial score (nSPS) is 11.5. The van der Waals surface area contributed by atoms with Gasteiger partial charge in [0, 0.05) is 17.2 Å². The monoisotopic (exact) mass is 427 g/mol. The minimum absolute atomic E-state index is 0.0643. The molecule has 0 fully saturated rings. The van der Waals surface area contributed by atoms with E-state index in [0.717, 1.165) is 11.6 Å². The first kappa shape index (κ1) is 19.6. The molecule has 0 aliphatic carbocycles. The molecular weight excluding hydrogens is 410 g/mol. The third-order valence-corrected chi connectivity index (χ3v) is 5.33. The summed E-state index contributed by atoms with van der Waals surface area (Å²) in [6.45, 7) is 2.33. The number of ether oxygens (including phenoxy) is 1. The molecule has 0 aliphatic heterocycles. The van der Waals surface area contributed by atoms with Crippen molar-refractivity contribution in [1.82, 2.24) is 10.2 Å². The van der Waals surface area contributed by atoms with E-state index in [1.807, 2.05) is 19.1 Å². The van der Waals surface area contributed by atoms with E-state index in [4.69, 9.17) is 13.6 Å². The highest BCUT2D eigenvalue weighted by atomic mass is 32.2. The molecule has 4 rings (SSSR count). The molecular formula is C20H17N3O6S. The van der Waals surface area contributed by atoms with Crippen molar-refractivity contribution in [2.45, 2.75) is 11.8 Å². The molecule has 4 aromatic rings. The highest BCUT2D eigenvalue weighted by Gasteiger charge is 2.18. The number of para-hydroxylation sites is 1. The number of anilines is 1. The molecule has 0 radical (unpaired) electrons. The number of sulfone groups is 1. The van der Waals surface area contributed by atoms with Crippen LogP contribution in [0.5, 0.6) is 5.75 Å². The SMILES string of the molecule is CCOc1cccc2cc(C(=O)Nc3nnc(-c4ccc(S(C)(=O)=O)cc4)o3)oc12. The van der Waals surface area contributed by atoms with Gasteiger partial charge in [-0.05, 0) is 43.3 Å². The molecule has 30 heavy (non-hydrogen) atoms. The number of benzene rings is 2. The minimum atomic E-state index is -3.30. The maximum Gasteiger partial charge on any atom is 0.322 e. The van der Waals surface area contributed by atoms with E-state index in [9.17, 15) is 13.2 Å². The Morgan fingerprint density at radius 1 is 1.10 bits per heavy atom. The zero-order valence-electron chi connectivity index (χ0n) is 16.1. The van der Waals surface area contributed by atoms with Crippen molar-refractivity contribution in [3.63, 3.8) is 0 Å². The van der Waals surface area contributed by atoms with Crippen molar-refractivity contribution in [1.29, 1.82) is 0 Å². The fraction of sp³-hybridized carbons (Fsp3) is 0.150. The summed E-state index contributed by atoms with van der Waals surface area (Å²) in [5.74, 6) is 0.186. The Kier molecular flexibility index (Phi) is 5.00. The maximum atomic E-state index is 12.5. The molecule has 0 atom stereocenters. The van der Waals surface area contributed by atoms with Gasteiger partial charge >= 0.3 is 6.01 Å². The highest BCUT2D eigenvalue weighted by Crippen LogP contribution is 2.29. The Labute approximate surface area is 171 Å². The molecule has 0 aliphatic rings. The standard InChI is InChI=1S/C20H17N3O6S/c1-3-27-15-6-4-5-13-11-16(28-17(13)15)18(24)21-20-23-22-19(29-20)12-7-9-14(10-8-12)30(2,25)26/h4-11H,3H2,1-2H3,(H,21,23,24). The summed E-state index contributed by atoms with van der Waals surface area (Å²) in [5.41, 5.74) is 0.988. The van der Waals surface area contributed by atoms with Gasteiger partial charge in [-0.1, -0.05) is 17.2 Å². The number of carbonyl (C=O) groups excluding carboxylic acids is 1. The molecule has 10 heteroatoms. The number of aromatic nitrogens is 2. The van der Waals surface area contributed by atoms with Gasteiger partial charge in [-0.15, -0.1) is 5.10 Å². The lowest BCUT2D eigenvalue weighted by Crippen LogP contribution is -2.10. The van der Waals surface area contributed by atoms with Crippen LogP contribution in [-0.4, -0.2) is 37.4 Å². The molecule has 1 amide bonds. The Morgan fingerprint density at radius 2 is 1.87 bits per heavy atom. The van der Waals surface area contributed by atoms with E-state index in [0.29, 0.717) is 23.5 Å². The first-order valence-electron chi connectivity index (χ1n) is 8.96. The van der Waals surface area contributed by atoms with Crippen LogP contribution in [0.2, 0.25) is 0 Å². The van der Waals surface area contributed by atoms with Gasteiger partial charge in [0.25, 0.3) is 5.91 Å². The minimum Gasteiger partial charge on any atom is -0.490 e. The summed E-state index contributed by atoms with van der Waals surface area (Å²) < 4.78 is 39.7. The first-order chi connectivity index (χ1) is 14.3. The van der Waals surface area contributed by atoms with Gasteiger partial charge < -0.3 is 13.6 Å². The molecule has 0 bridgehead atoms. The largest absolute Gasteiger partial charge is 0.490 e. The van der Waals surface area contributed by atoms with Crippen molar-refractivity contribution in [3.05, 3.63) is 54.3 Å². The second-order valence-electron chi connectivity index (χ2n) is 6.38. The molecule has 2 aromatic heterocycles. The van der Waals surface area contributed by atoms with Crippen LogP contribution in [0.4, 0.5) is 6.01 Å². The third-order valence-electron chi connectivity index (χ3n) is 4.21. The third kappa shape index (κ3) is 3.90. The topological polar surface area (TPSA) is 125 Å². The summed E-state index contributed by atoms with van der Waals surface area (Å²) in [7, 11) is -3.30. The second-order valence-corrected chi connectivity index (χ2v) is 8.40. The summed E-state index contributed by atoms with van der Waals surface area (Å²) in [4.78, 5) is 12.7. The van der Waals surface area contributed by atoms with Crippen LogP contribution in [0.1, 0.15) is 17.5 Å². The quantitative estimate of drug-likeness (QED) is 0.495. The molecule has 154 valence electrons. The lowest BCUT2D eigenvalue weighted by Gasteiger charge is -2.02. The van der Waals surface area contributed by atoms with E-state index in [2.05, 4.69) is 15.5 Å². The number of nitrogens with one attached hydrogen (secondary N) is 1. The number of carbonyl (C=O) groups is 1. The molecule has 1 N–H and O–H groups in total. The maximum absolute atomic E-state index is 12.5. The molecule has 9 nitrogen and oxygen atoms in total. The van der Waals surface area contributed by atoms with Crippen molar-refractivity contribution >= 4 is 32.7 Å². The van der Waals surface area contributed by atoms with Gasteiger partial charge in [0.15, 0.2) is 26.9 Å². The first-order valence-corrected chi connectivity index (χ1v) is 10.8. The van der Waals surface area contributed by atoms with E-state index in [1.165, 1.54) is 12.1 Å². The van der Waals surface area contributed by atoms with Crippen molar-refractivity contribution in [3.8, 4) is 17.2 Å². The number of furan rings is 1. The number of hydrogen-bond acceptors (Lipinski definition) is 8. The Hall–Kier alpha value is -3.66. The van der Waals surface area contributed by atoms with Crippen molar-refractivity contribution in [2.24, 2.45) is 0 Å². The molecule has 0 unspecified atom stereocenters. The van der Waals surface area contributed by atoms with E-state index in [1.54, 1.807) is 24.3 Å². The number of amides is 1. The summed E-state index contributed by atoms with van der Waals surface area (Å²) in [6, 6.07) is 12.8. The lowest BCUT2D eigenvalue weighted by molar-refractivity contribution is 0.0995. The Balaban J connectivity index is 1.53. The van der Waals surface area contributed by atoms with Gasteiger partial charge in [0.2, 0.25) is 5.89 Å².